The molecule has 0 aliphatic heterocycles. The average molecular weight is 418 g/mol. The molecular formula is C21H21F3N4O2. The van der Waals surface area contributed by atoms with Gasteiger partial charge in [0.15, 0.2) is 0 Å². The van der Waals surface area contributed by atoms with Crippen LogP contribution in [0.5, 0.6) is 5.75 Å². The van der Waals surface area contributed by atoms with Crippen LogP contribution >= 0.6 is 0 Å². The van der Waals surface area contributed by atoms with Crippen molar-refractivity contribution < 1.29 is 22.7 Å². The Balaban J connectivity index is 1.84. The van der Waals surface area contributed by atoms with Crippen LogP contribution in [-0.2, 0) is 24.4 Å². The summed E-state index contributed by atoms with van der Waals surface area (Å²) in [6, 6.07) is 11.8. The van der Waals surface area contributed by atoms with Crippen molar-refractivity contribution in [3.8, 4) is 17.0 Å². The van der Waals surface area contributed by atoms with Crippen LogP contribution in [0.25, 0.3) is 11.3 Å². The first kappa shape index (κ1) is 21.4. The highest BCUT2D eigenvalue weighted by atomic mass is 19.4. The maximum absolute atomic E-state index is 13.2. The van der Waals surface area contributed by atoms with Gasteiger partial charge in [0.05, 0.1) is 17.7 Å². The van der Waals surface area contributed by atoms with E-state index in [2.05, 4.69) is 10.4 Å². The van der Waals surface area contributed by atoms with Crippen LogP contribution in [0.1, 0.15) is 11.1 Å². The first-order valence-corrected chi connectivity index (χ1v) is 9.20. The van der Waals surface area contributed by atoms with Crippen LogP contribution in [0.15, 0.2) is 54.7 Å². The van der Waals surface area contributed by atoms with Crippen molar-refractivity contribution in [1.29, 1.82) is 0 Å². The van der Waals surface area contributed by atoms with Gasteiger partial charge in [-0.1, -0.05) is 18.2 Å². The van der Waals surface area contributed by atoms with E-state index in [0.717, 1.165) is 11.8 Å². The van der Waals surface area contributed by atoms with E-state index in [-0.39, 0.29) is 5.56 Å². The number of nitrogens with two attached hydrogens (primary N) is 1. The molecule has 3 aromatic rings. The zero-order chi connectivity index (χ0) is 21.7. The van der Waals surface area contributed by atoms with Gasteiger partial charge in [-0.15, -0.1) is 0 Å². The largest absolute Gasteiger partial charge is 0.492 e. The molecule has 0 unspecified atom stereocenters. The molecule has 3 rings (SSSR count). The lowest BCUT2D eigenvalue weighted by Gasteiger charge is -2.15. The van der Waals surface area contributed by atoms with E-state index >= 15 is 0 Å². The lowest BCUT2D eigenvalue weighted by molar-refractivity contribution is -0.138. The number of ether oxygens (including phenoxy) is 1. The van der Waals surface area contributed by atoms with Gasteiger partial charge in [0.2, 0.25) is 5.91 Å². The predicted molar refractivity (Wildman–Crippen MR) is 107 cm³/mol. The number of nitrogens with one attached hydrogen (secondary N) is 1. The van der Waals surface area contributed by atoms with Crippen LogP contribution < -0.4 is 15.8 Å². The number of halogens is 3. The quantitative estimate of drug-likeness (QED) is 0.614. The smallest absolute Gasteiger partial charge is 0.416 e. The fourth-order valence-corrected chi connectivity index (χ4v) is 3.07. The number of aromatic nitrogens is 2. The van der Waals surface area contributed by atoms with E-state index in [1.54, 1.807) is 42.2 Å². The minimum absolute atomic E-state index is 0.0859. The van der Waals surface area contributed by atoms with Crippen LogP contribution in [0.4, 0.5) is 18.9 Å². The van der Waals surface area contributed by atoms with Crippen LogP contribution in [0, 0.1) is 0 Å². The lowest BCUT2D eigenvalue weighted by atomic mass is 10.0. The van der Waals surface area contributed by atoms with Crippen LogP contribution in [-0.4, -0.2) is 28.8 Å². The maximum atomic E-state index is 13.2. The van der Waals surface area contributed by atoms with E-state index in [9.17, 15) is 18.0 Å². The summed E-state index contributed by atoms with van der Waals surface area (Å²) in [6.07, 6.45) is -3.30. The summed E-state index contributed by atoms with van der Waals surface area (Å²) in [4.78, 5) is 12.4. The van der Waals surface area contributed by atoms with Crippen molar-refractivity contribution >= 4 is 11.6 Å². The van der Waals surface area contributed by atoms with E-state index in [4.69, 9.17) is 10.5 Å². The zero-order valence-electron chi connectivity index (χ0n) is 16.2. The highest BCUT2D eigenvalue weighted by molar-refractivity contribution is 5.93. The van der Waals surface area contributed by atoms with Crippen LogP contribution in [0.3, 0.4) is 0 Å². The molecule has 1 amide bonds. The molecule has 0 atom stereocenters. The molecule has 0 aliphatic rings. The first-order chi connectivity index (χ1) is 14.3. The number of carbonyl (C=O) groups excluding carboxylic acids is 1. The second-order valence-electron chi connectivity index (χ2n) is 6.57. The van der Waals surface area contributed by atoms with Gasteiger partial charge in [-0.25, -0.2) is 0 Å². The highest BCUT2D eigenvalue weighted by Crippen LogP contribution is 2.34. The number of rotatable bonds is 7. The Kier molecular flexibility index (Phi) is 6.41. The number of alkyl halides is 3. The maximum Gasteiger partial charge on any atom is 0.416 e. The van der Waals surface area contributed by atoms with E-state index in [1.165, 1.54) is 18.2 Å². The van der Waals surface area contributed by atoms with Gasteiger partial charge < -0.3 is 15.8 Å². The van der Waals surface area contributed by atoms with E-state index in [0.29, 0.717) is 30.2 Å². The molecule has 158 valence electrons. The van der Waals surface area contributed by atoms with Crippen molar-refractivity contribution in [3.63, 3.8) is 0 Å². The summed E-state index contributed by atoms with van der Waals surface area (Å²) in [5.41, 5.74) is 6.46. The Morgan fingerprint density at radius 2 is 1.97 bits per heavy atom. The third kappa shape index (κ3) is 4.98. The van der Waals surface area contributed by atoms with Crippen molar-refractivity contribution in [1.82, 2.24) is 9.78 Å². The van der Waals surface area contributed by atoms with Gasteiger partial charge >= 0.3 is 6.18 Å². The number of benzene rings is 2. The number of amides is 1. The van der Waals surface area contributed by atoms with E-state index < -0.39 is 24.1 Å². The minimum Gasteiger partial charge on any atom is -0.492 e. The molecule has 0 spiro atoms. The summed E-state index contributed by atoms with van der Waals surface area (Å²) in [5, 5.41) is 6.79. The molecule has 0 radical (unpaired) electrons. The molecule has 0 bridgehead atoms. The Hall–Kier alpha value is -3.33. The van der Waals surface area contributed by atoms with Gasteiger partial charge in [-0.3, -0.25) is 9.48 Å². The molecule has 0 aliphatic carbocycles. The number of nitrogens with zero attached hydrogens (tertiary/aromatic N) is 2. The van der Waals surface area contributed by atoms with Gasteiger partial charge in [0, 0.05) is 31.0 Å². The number of hydrogen-bond donors (Lipinski definition) is 2. The number of anilines is 1. The molecule has 0 fully saturated rings. The average Bonchev–Trinajstić information content (AvgIpc) is 3.12. The molecular weight excluding hydrogens is 397 g/mol. The summed E-state index contributed by atoms with van der Waals surface area (Å²) in [6.45, 7) is 0.646. The highest BCUT2D eigenvalue weighted by Gasteiger charge is 2.33. The standard InChI is InChI=1S/C21H21F3N4O2/c1-28-18(8-10-26-28)16-13-15(6-7-19(16)30-11-9-25)27-20(29)12-14-4-2-3-5-17(14)21(22,23)24/h2-8,10,13H,9,11-12,25H2,1H3,(H,27,29). The summed E-state index contributed by atoms with van der Waals surface area (Å²) in [5.74, 6) is 0.00255. The normalized spacial score (nSPS) is 11.4. The molecule has 1 heterocycles. The number of aryl methyl sites for hydroxylation is 1. The SMILES string of the molecule is Cn1nccc1-c1cc(NC(=O)Cc2ccccc2C(F)(F)F)ccc1OCCN. The second kappa shape index (κ2) is 9.00. The zero-order valence-corrected chi connectivity index (χ0v) is 16.2. The van der Waals surface area contributed by atoms with Crippen LogP contribution in [0.2, 0.25) is 0 Å². The molecule has 2 aromatic carbocycles. The van der Waals surface area contributed by atoms with Gasteiger partial charge in [0.25, 0.3) is 0 Å². The van der Waals surface area contributed by atoms with Gasteiger partial charge in [-0.05, 0) is 35.9 Å². The van der Waals surface area contributed by atoms with Crippen molar-refractivity contribution in [2.75, 3.05) is 18.5 Å². The summed E-state index contributed by atoms with van der Waals surface area (Å²) < 4.78 is 46.8. The Labute approximate surface area is 171 Å². The third-order valence-corrected chi connectivity index (χ3v) is 4.41. The summed E-state index contributed by atoms with van der Waals surface area (Å²) >= 11 is 0. The molecule has 6 nitrogen and oxygen atoms in total. The first-order valence-electron chi connectivity index (χ1n) is 9.20. The minimum atomic E-state index is -4.52. The second-order valence-corrected chi connectivity index (χ2v) is 6.57. The predicted octanol–water partition coefficient (Wildman–Crippen LogP) is 3.62. The molecule has 1 aromatic heterocycles. The Morgan fingerprint density at radius 1 is 1.20 bits per heavy atom. The fraction of sp³-hybridized carbons (Fsp3) is 0.238. The molecule has 3 N–H and O–H groups in total. The fourth-order valence-electron chi connectivity index (χ4n) is 3.07. The van der Waals surface area contributed by atoms with Crippen molar-refractivity contribution in [2.45, 2.75) is 12.6 Å². The topological polar surface area (TPSA) is 82.2 Å². The van der Waals surface area contributed by atoms with Gasteiger partial charge in [0.1, 0.15) is 12.4 Å². The van der Waals surface area contributed by atoms with E-state index in [1.807, 2.05) is 0 Å². The third-order valence-electron chi connectivity index (χ3n) is 4.41. The van der Waals surface area contributed by atoms with Crippen molar-refractivity contribution in [2.24, 2.45) is 12.8 Å². The Morgan fingerprint density at radius 3 is 2.63 bits per heavy atom. The molecule has 0 saturated carbocycles. The molecule has 30 heavy (non-hydrogen) atoms. The molecule has 0 saturated heterocycles. The van der Waals surface area contributed by atoms with Crippen molar-refractivity contribution in [3.05, 3.63) is 65.9 Å². The Bertz CT molecular complexity index is 1030. The number of carbonyl (C=O) groups is 1. The number of hydrogen-bond acceptors (Lipinski definition) is 4. The monoisotopic (exact) mass is 418 g/mol. The molecule has 9 heteroatoms. The van der Waals surface area contributed by atoms with Gasteiger partial charge in [-0.2, -0.15) is 18.3 Å². The lowest BCUT2D eigenvalue weighted by Crippen LogP contribution is -2.18. The summed E-state index contributed by atoms with van der Waals surface area (Å²) in [7, 11) is 1.77.